The van der Waals surface area contributed by atoms with Crippen LogP contribution in [0, 0.1) is 0 Å². The van der Waals surface area contributed by atoms with Gasteiger partial charge in [-0.25, -0.2) is 0 Å². The Morgan fingerprint density at radius 2 is 2.30 bits per heavy atom. The van der Waals surface area contributed by atoms with Crippen LogP contribution in [-0.2, 0) is 9.53 Å². The van der Waals surface area contributed by atoms with Crippen LogP contribution in [0.15, 0.2) is 11.6 Å². The van der Waals surface area contributed by atoms with E-state index in [0.717, 1.165) is 6.42 Å². The SMILES string of the molecule is C=C(Cl)COC(=O)CCC. The van der Waals surface area contributed by atoms with Gasteiger partial charge in [0.1, 0.15) is 6.61 Å². The van der Waals surface area contributed by atoms with Gasteiger partial charge in [0.25, 0.3) is 0 Å². The van der Waals surface area contributed by atoms with Crippen LogP contribution in [0.4, 0.5) is 0 Å². The highest BCUT2D eigenvalue weighted by atomic mass is 35.5. The third-order valence-electron chi connectivity index (χ3n) is 0.844. The molecule has 0 rings (SSSR count). The first kappa shape index (κ1) is 9.50. The number of rotatable bonds is 4. The number of halogens is 1. The molecule has 0 aromatic heterocycles. The predicted molar refractivity (Wildman–Crippen MR) is 40.9 cm³/mol. The normalized spacial score (nSPS) is 9.00. The van der Waals surface area contributed by atoms with E-state index in [0.29, 0.717) is 11.5 Å². The third-order valence-corrected chi connectivity index (χ3v) is 0.953. The van der Waals surface area contributed by atoms with Gasteiger partial charge in [-0.05, 0) is 6.42 Å². The van der Waals surface area contributed by atoms with Gasteiger partial charge >= 0.3 is 5.97 Å². The lowest BCUT2D eigenvalue weighted by Gasteiger charge is -2.00. The Balaban J connectivity index is 3.30. The van der Waals surface area contributed by atoms with Crippen LogP contribution in [0.2, 0.25) is 0 Å². The summed E-state index contributed by atoms with van der Waals surface area (Å²) in [6.07, 6.45) is 1.25. The Morgan fingerprint density at radius 1 is 1.70 bits per heavy atom. The second-order valence-electron chi connectivity index (χ2n) is 1.93. The molecule has 0 unspecified atom stereocenters. The fourth-order valence-corrected chi connectivity index (χ4v) is 0.490. The molecule has 0 saturated carbocycles. The van der Waals surface area contributed by atoms with Gasteiger partial charge in [-0.3, -0.25) is 4.79 Å². The van der Waals surface area contributed by atoms with E-state index < -0.39 is 0 Å². The fourth-order valence-electron chi connectivity index (χ4n) is 0.435. The molecule has 0 bridgehead atoms. The second kappa shape index (κ2) is 5.30. The Bertz CT molecular complexity index is 132. The van der Waals surface area contributed by atoms with Crippen molar-refractivity contribution in [1.29, 1.82) is 0 Å². The summed E-state index contributed by atoms with van der Waals surface area (Å²) in [6.45, 7) is 5.41. The van der Waals surface area contributed by atoms with Crippen molar-refractivity contribution in [3.05, 3.63) is 11.6 Å². The number of esters is 1. The van der Waals surface area contributed by atoms with Crippen molar-refractivity contribution >= 4 is 17.6 Å². The van der Waals surface area contributed by atoms with Gasteiger partial charge in [-0.2, -0.15) is 0 Å². The standard InChI is InChI=1S/C7H11ClO2/c1-3-4-7(9)10-5-6(2)8/h2-5H2,1H3. The summed E-state index contributed by atoms with van der Waals surface area (Å²) in [7, 11) is 0. The molecule has 0 saturated heterocycles. The summed E-state index contributed by atoms with van der Waals surface area (Å²) in [6, 6.07) is 0. The Labute approximate surface area is 65.8 Å². The van der Waals surface area contributed by atoms with Crippen LogP contribution in [0.25, 0.3) is 0 Å². The lowest BCUT2D eigenvalue weighted by Crippen LogP contribution is -2.04. The molecule has 0 radical (unpaired) electrons. The maximum Gasteiger partial charge on any atom is 0.306 e. The van der Waals surface area contributed by atoms with Gasteiger partial charge in [0.15, 0.2) is 0 Å². The van der Waals surface area contributed by atoms with Crippen molar-refractivity contribution in [3.63, 3.8) is 0 Å². The molecule has 0 aromatic carbocycles. The van der Waals surface area contributed by atoms with E-state index in [9.17, 15) is 4.79 Å². The minimum atomic E-state index is -0.218. The maximum absolute atomic E-state index is 10.6. The molecule has 0 spiro atoms. The lowest BCUT2D eigenvalue weighted by molar-refractivity contribution is -0.142. The van der Waals surface area contributed by atoms with E-state index in [4.69, 9.17) is 11.6 Å². The van der Waals surface area contributed by atoms with Gasteiger partial charge in [0.2, 0.25) is 0 Å². The number of ether oxygens (including phenoxy) is 1. The Morgan fingerprint density at radius 3 is 2.70 bits per heavy atom. The summed E-state index contributed by atoms with van der Waals surface area (Å²) in [5.41, 5.74) is 0. The highest BCUT2D eigenvalue weighted by molar-refractivity contribution is 6.29. The van der Waals surface area contributed by atoms with Gasteiger partial charge < -0.3 is 4.74 Å². The van der Waals surface area contributed by atoms with Crippen LogP contribution in [0.5, 0.6) is 0 Å². The first-order chi connectivity index (χ1) is 4.66. The molecule has 2 nitrogen and oxygen atoms in total. The topological polar surface area (TPSA) is 26.3 Å². The fraction of sp³-hybridized carbons (Fsp3) is 0.571. The Kier molecular flexibility index (Phi) is 5.03. The lowest BCUT2D eigenvalue weighted by atomic mass is 10.3. The minimum Gasteiger partial charge on any atom is -0.460 e. The molecule has 0 aliphatic carbocycles. The zero-order valence-electron chi connectivity index (χ0n) is 6.02. The number of hydrogen-bond donors (Lipinski definition) is 0. The number of carbonyl (C=O) groups excluding carboxylic acids is 1. The van der Waals surface area contributed by atoms with Crippen molar-refractivity contribution in [1.82, 2.24) is 0 Å². The molecule has 58 valence electrons. The van der Waals surface area contributed by atoms with Crippen molar-refractivity contribution in [2.24, 2.45) is 0 Å². The van der Waals surface area contributed by atoms with Crippen molar-refractivity contribution < 1.29 is 9.53 Å². The largest absolute Gasteiger partial charge is 0.460 e. The highest BCUT2D eigenvalue weighted by Gasteiger charge is 1.99. The smallest absolute Gasteiger partial charge is 0.306 e. The van der Waals surface area contributed by atoms with Gasteiger partial charge in [-0.15, -0.1) is 0 Å². The molecule has 0 fully saturated rings. The summed E-state index contributed by atoms with van der Waals surface area (Å²) in [5.74, 6) is -0.218. The Hall–Kier alpha value is -0.500. The molecule has 0 atom stereocenters. The molecular weight excluding hydrogens is 152 g/mol. The molecule has 0 N–H and O–H groups in total. The van der Waals surface area contributed by atoms with Crippen molar-refractivity contribution in [3.8, 4) is 0 Å². The van der Waals surface area contributed by atoms with Crippen LogP contribution in [-0.4, -0.2) is 12.6 Å². The van der Waals surface area contributed by atoms with Gasteiger partial charge in [0, 0.05) is 11.5 Å². The molecule has 10 heavy (non-hydrogen) atoms. The molecule has 0 amide bonds. The predicted octanol–water partition coefficient (Wildman–Crippen LogP) is 2.08. The average Bonchev–Trinajstić information content (AvgIpc) is 1.85. The summed E-state index contributed by atoms with van der Waals surface area (Å²) >= 11 is 5.35. The zero-order valence-corrected chi connectivity index (χ0v) is 6.78. The zero-order chi connectivity index (χ0) is 7.98. The van der Waals surface area contributed by atoms with Gasteiger partial charge in [-0.1, -0.05) is 25.1 Å². The van der Waals surface area contributed by atoms with Crippen molar-refractivity contribution in [2.75, 3.05) is 6.61 Å². The quantitative estimate of drug-likeness (QED) is 0.592. The van der Waals surface area contributed by atoms with Crippen LogP contribution < -0.4 is 0 Å². The second-order valence-corrected chi connectivity index (χ2v) is 2.46. The van der Waals surface area contributed by atoms with Gasteiger partial charge in [0.05, 0.1) is 0 Å². The van der Waals surface area contributed by atoms with E-state index in [-0.39, 0.29) is 12.6 Å². The first-order valence-electron chi connectivity index (χ1n) is 3.15. The molecular formula is C7H11ClO2. The van der Waals surface area contributed by atoms with E-state index >= 15 is 0 Å². The molecule has 0 heterocycles. The summed E-state index contributed by atoms with van der Waals surface area (Å²) < 4.78 is 4.67. The molecule has 0 aliphatic heterocycles. The summed E-state index contributed by atoms with van der Waals surface area (Å²) in [4.78, 5) is 10.6. The molecule has 0 aliphatic rings. The number of hydrogen-bond acceptors (Lipinski definition) is 2. The van der Waals surface area contributed by atoms with Crippen LogP contribution >= 0.6 is 11.6 Å². The monoisotopic (exact) mass is 162 g/mol. The maximum atomic E-state index is 10.6. The average molecular weight is 163 g/mol. The molecule has 3 heteroatoms. The van der Waals surface area contributed by atoms with Crippen LogP contribution in [0.1, 0.15) is 19.8 Å². The summed E-state index contributed by atoms with van der Waals surface area (Å²) in [5, 5.41) is 0.351. The minimum absolute atomic E-state index is 0.125. The highest BCUT2D eigenvalue weighted by Crippen LogP contribution is 1.98. The van der Waals surface area contributed by atoms with E-state index in [1.807, 2.05) is 6.92 Å². The van der Waals surface area contributed by atoms with E-state index in [1.165, 1.54) is 0 Å². The third kappa shape index (κ3) is 5.63. The first-order valence-corrected chi connectivity index (χ1v) is 3.53. The van der Waals surface area contributed by atoms with E-state index in [2.05, 4.69) is 11.3 Å². The van der Waals surface area contributed by atoms with Crippen molar-refractivity contribution in [2.45, 2.75) is 19.8 Å². The van der Waals surface area contributed by atoms with Crippen LogP contribution in [0.3, 0.4) is 0 Å². The number of carbonyl (C=O) groups is 1. The van der Waals surface area contributed by atoms with E-state index in [1.54, 1.807) is 0 Å². The molecule has 0 aromatic rings.